The first-order valence-corrected chi connectivity index (χ1v) is 7.18. The number of carbonyl (C=O) groups is 1. The van der Waals surface area contributed by atoms with Crippen molar-refractivity contribution in [3.63, 3.8) is 0 Å². The summed E-state index contributed by atoms with van der Waals surface area (Å²) < 4.78 is 10.9. The predicted molar refractivity (Wildman–Crippen MR) is 73.7 cm³/mol. The number of carbonyl (C=O) groups excluding carboxylic acids is 1. The summed E-state index contributed by atoms with van der Waals surface area (Å²) in [5.41, 5.74) is 2.72. The molecule has 2 aromatic rings. The monoisotopic (exact) mass is 268 g/mol. The van der Waals surface area contributed by atoms with Crippen molar-refractivity contribution in [1.82, 2.24) is 0 Å². The highest BCUT2D eigenvalue weighted by Crippen LogP contribution is 2.48. The fourth-order valence-electron chi connectivity index (χ4n) is 3.08. The third-order valence-corrected chi connectivity index (χ3v) is 4.29. The molecule has 0 bridgehead atoms. The Hall–Kier alpha value is -2.03. The van der Waals surface area contributed by atoms with Crippen molar-refractivity contribution in [2.75, 3.05) is 0 Å². The molecule has 0 radical (unpaired) electrons. The molecule has 20 heavy (non-hydrogen) atoms. The van der Waals surface area contributed by atoms with Crippen LogP contribution in [0.5, 0.6) is 5.75 Å². The number of esters is 1. The van der Waals surface area contributed by atoms with E-state index in [0.717, 1.165) is 25.0 Å². The van der Waals surface area contributed by atoms with E-state index < -0.39 is 0 Å². The van der Waals surface area contributed by atoms with Crippen molar-refractivity contribution >= 4 is 5.97 Å². The van der Waals surface area contributed by atoms with Crippen LogP contribution in [0, 0.1) is 5.92 Å². The molecular weight excluding hydrogens is 252 g/mol. The minimum absolute atomic E-state index is 0.0468. The molecule has 3 nitrogen and oxygen atoms in total. The van der Waals surface area contributed by atoms with Gasteiger partial charge in [-0.3, -0.25) is 4.79 Å². The van der Waals surface area contributed by atoms with E-state index in [2.05, 4.69) is 6.07 Å². The lowest BCUT2D eigenvalue weighted by atomic mass is 10.1. The Morgan fingerprint density at radius 3 is 2.95 bits per heavy atom. The highest BCUT2D eigenvalue weighted by Gasteiger charge is 2.47. The summed E-state index contributed by atoms with van der Waals surface area (Å²) in [6.45, 7) is 0. The summed E-state index contributed by atoms with van der Waals surface area (Å²) in [5.74, 6) is 1.59. The molecule has 1 fully saturated rings. The molecule has 3 heteroatoms. The Bertz CT molecular complexity index is 642. The van der Waals surface area contributed by atoms with Gasteiger partial charge in [0.25, 0.3) is 0 Å². The van der Waals surface area contributed by atoms with E-state index in [4.69, 9.17) is 9.15 Å². The first-order valence-electron chi connectivity index (χ1n) is 7.18. The Morgan fingerprint density at radius 1 is 1.20 bits per heavy atom. The summed E-state index contributed by atoms with van der Waals surface area (Å²) in [4.78, 5) is 12.1. The molecule has 0 amide bonds. The number of ether oxygens (including phenoxy) is 1. The fraction of sp³-hybridized carbons (Fsp3) is 0.353. The van der Waals surface area contributed by atoms with Crippen LogP contribution in [0.3, 0.4) is 0 Å². The van der Waals surface area contributed by atoms with Crippen LogP contribution in [0.15, 0.2) is 41.0 Å². The van der Waals surface area contributed by atoms with Gasteiger partial charge >= 0.3 is 5.97 Å². The van der Waals surface area contributed by atoms with Crippen LogP contribution in [0.25, 0.3) is 0 Å². The van der Waals surface area contributed by atoms with Gasteiger partial charge in [0.15, 0.2) is 0 Å². The van der Waals surface area contributed by atoms with E-state index in [1.807, 2.05) is 24.3 Å². The molecule has 1 heterocycles. The van der Waals surface area contributed by atoms with Gasteiger partial charge in [-0.15, -0.1) is 0 Å². The molecule has 1 aromatic heterocycles. The van der Waals surface area contributed by atoms with Crippen LogP contribution < -0.4 is 4.74 Å². The zero-order valence-electron chi connectivity index (χ0n) is 11.2. The van der Waals surface area contributed by atoms with Gasteiger partial charge in [-0.2, -0.15) is 0 Å². The summed E-state index contributed by atoms with van der Waals surface area (Å²) in [7, 11) is 0. The fourth-order valence-corrected chi connectivity index (χ4v) is 3.08. The maximum atomic E-state index is 12.1. The van der Waals surface area contributed by atoms with E-state index >= 15 is 0 Å². The Labute approximate surface area is 117 Å². The molecule has 4 rings (SSSR count). The number of benzene rings is 1. The van der Waals surface area contributed by atoms with Crippen LogP contribution in [0.4, 0.5) is 0 Å². The van der Waals surface area contributed by atoms with Crippen molar-refractivity contribution in [2.45, 2.75) is 31.6 Å². The Balaban J connectivity index is 1.44. The summed E-state index contributed by atoms with van der Waals surface area (Å²) in [5, 5.41) is 0. The van der Waals surface area contributed by atoms with Crippen LogP contribution in [-0.2, 0) is 17.6 Å². The Kier molecular flexibility index (Phi) is 2.66. The molecule has 2 aliphatic rings. The normalized spacial score (nSPS) is 23.4. The molecule has 1 saturated carbocycles. The molecule has 1 aromatic carbocycles. The third-order valence-electron chi connectivity index (χ3n) is 4.29. The largest absolute Gasteiger partial charge is 0.469 e. The second-order valence-electron chi connectivity index (χ2n) is 5.67. The highest BCUT2D eigenvalue weighted by molar-refractivity contribution is 5.79. The predicted octanol–water partition coefficient (Wildman–Crippen LogP) is 3.48. The van der Waals surface area contributed by atoms with E-state index in [0.29, 0.717) is 5.75 Å². The lowest BCUT2D eigenvalue weighted by Gasteiger charge is -2.06. The van der Waals surface area contributed by atoms with Crippen LogP contribution in [-0.4, -0.2) is 5.97 Å². The zero-order valence-corrected chi connectivity index (χ0v) is 11.2. The van der Waals surface area contributed by atoms with Gasteiger partial charge in [-0.05, 0) is 61.1 Å². The van der Waals surface area contributed by atoms with Gasteiger partial charge in [0.2, 0.25) is 0 Å². The average molecular weight is 268 g/mol. The molecule has 0 unspecified atom stereocenters. The number of hydrogen-bond acceptors (Lipinski definition) is 3. The number of aryl methyl sites for hydroxylation is 2. The molecule has 0 spiro atoms. The third kappa shape index (κ3) is 2.03. The van der Waals surface area contributed by atoms with Gasteiger partial charge in [-0.1, -0.05) is 6.07 Å². The number of rotatable bonds is 3. The first-order chi connectivity index (χ1) is 9.81. The SMILES string of the molecule is O=C(Oc1ccc2c(c1)CCC2)[C@@H]1C[C@@H]1c1ccco1. The summed E-state index contributed by atoms with van der Waals surface area (Å²) in [6, 6.07) is 9.79. The van der Waals surface area contributed by atoms with Gasteiger partial charge in [0, 0.05) is 5.92 Å². The lowest BCUT2D eigenvalue weighted by Crippen LogP contribution is -2.11. The number of furan rings is 1. The molecule has 102 valence electrons. The van der Waals surface area contributed by atoms with Gasteiger partial charge < -0.3 is 9.15 Å². The maximum Gasteiger partial charge on any atom is 0.315 e. The van der Waals surface area contributed by atoms with E-state index in [1.54, 1.807) is 6.26 Å². The van der Waals surface area contributed by atoms with Gasteiger partial charge in [0.05, 0.1) is 12.2 Å². The average Bonchev–Trinajstić information content (AvgIpc) is 2.89. The summed E-state index contributed by atoms with van der Waals surface area (Å²) in [6.07, 6.45) is 5.93. The lowest BCUT2D eigenvalue weighted by molar-refractivity contribution is -0.136. The van der Waals surface area contributed by atoms with Crippen LogP contribution in [0.1, 0.15) is 35.6 Å². The van der Waals surface area contributed by atoms with Crippen molar-refractivity contribution in [1.29, 1.82) is 0 Å². The van der Waals surface area contributed by atoms with Gasteiger partial charge in [-0.25, -0.2) is 0 Å². The van der Waals surface area contributed by atoms with E-state index in [9.17, 15) is 4.79 Å². The van der Waals surface area contributed by atoms with Crippen molar-refractivity contribution in [2.24, 2.45) is 5.92 Å². The number of fused-ring (bicyclic) bond motifs is 1. The zero-order chi connectivity index (χ0) is 13.5. The van der Waals surface area contributed by atoms with Crippen molar-refractivity contribution < 1.29 is 13.9 Å². The van der Waals surface area contributed by atoms with Gasteiger partial charge in [0.1, 0.15) is 11.5 Å². The molecule has 0 N–H and O–H groups in total. The minimum Gasteiger partial charge on any atom is -0.469 e. The summed E-state index contributed by atoms with van der Waals surface area (Å²) >= 11 is 0. The maximum absolute atomic E-state index is 12.1. The second-order valence-corrected chi connectivity index (χ2v) is 5.67. The highest BCUT2D eigenvalue weighted by atomic mass is 16.5. The second kappa shape index (κ2) is 4.51. The standard InChI is InChI=1S/C17H16O3/c18-17(15-10-14(15)16-5-2-8-19-16)20-13-7-6-11-3-1-4-12(11)9-13/h2,5-9,14-15H,1,3-4,10H2/t14-,15+/m0/s1. The van der Waals surface area contributed by atoms with Crippen LogP contribution >= 0.6 is 0 Å². The van der Waals surface area contributed by atoms with Crippen molar-refractivity contribution in [3.8, 4) is 5.75 Å². The number of hydrogen-bond donors (Lipinski definition) is 0. The topological polar surface area (TPSA) is 39.4 Å². The molecule has 2 atom stereocenters. The van der Waals surface area contributed by atoms with E-state index in [-0.39, 0.29) is 17.8 Å². The van der Waals surface area contributed by atoms with E-state index in [1.165, 1.54) is 17.5 Å². The Morgan fingerprint density at radius 2 is 2.10 bits per heavy atom. The smallest absolute Gasteiger partial charge is 0.315 e. The van der Waals surface area contributed by atoms with Crippen LogP contribution in [0.2, 0.25) is 0 Å². The molecule has 2 aliphatic carbocycles. The molecule has 0 aliphatic heterocycles. The quantitative estimate of drug-likeness (QED) is 0.632. The van der Waals surface area contributed by atoms with Crippen molar-refractivity contribution in [3.05, 3.63) is 53.5 Å². The molecular formula is C17H16O3. The molecule has 0 saturated heterocycles. The minimum atomic E-state index is -0.135. The first kappa shape index (κ1) is 11.8.